The third kappa shape index (κ3) is 2.97. The number of rotatable bonds is 4. The SMILES string of the molecule is CCc1ccsc1CNc1ncnc(Cl)c1Br. The molecule has 0 amide bonds. The Labute approximate surface area is 117 Å². The molecule has 2 rings (SSSR count). The Hall–Kier alpha value is -0.650. The number of halogens is 2. The first-order valence-electron chi connectivity index (χ1n) is 5.17. The Morgan fingerprint density at radius 2 is 2.29 bits per heavy atom. The highest BCUT2D eigenvalue weighted by atomic mass is 79.9. The second kappa shape index (κ2) is 5.80. The molecule has 0 bridgehead atoms. The molecule has 0 spiro atoms. The third-order valence-corrected chi connectivity index (χ3v) is 4.61. The normalized spacial score (nSPS) is 10.5. The van der Waals surface area contributed by atoms with Gasteiger partial charge in [0.05, 0.1) is 11.0 Å². The van der Waals surface area contributed by atoms with Crippen molar-refractivity contribution in [3.63, 3.8) is 0 Å². The Balaban J connectivity index is 2.10. The van der Waals surface area contributed by atoms with Crippen LogP contribution in [0.4, 0.5) is 5.82 Å². The molecule has 17 heavy (non-hydrogen) atoms. The number of hydrogen-bond acceptors (Lipinski definition) is 4. The second-order valence-corrected chi connectivity index (χ2v) is 5.55. The molecule has 2 heterocycles. The zero-order valence-electron chi connectivity index (χ0n) is 9.20. The molecule has 2 aromatic rings. The van der Waals surface area contributed by atoms with Gasteiger partial charge in [0.1, 0.15) is 17.3 Å². The minimum Gasteiger partial charge on any atom is -0.364 e. The average molecular weight is 333 g/mol. The molecule has 0 saturated heterocycles. The highest BCUT2D eigenvalue weighted by Crippen LogP contribution is 2.27. The van der Waals surface area contributed by atoms with Gasteiger partial charge in [-0.2, -0.15) is 0 Å². The molecule has 1 N–H and O–H groups in total. The molecule has 0 atom stereocenters. The molecule has 0 aliphatic heterocycles. The van der Waals surface area contributed by atoms with Crippen molar-refractivity contribution in [2.45, 2.75) is 19.9 Å². The van der Waals surface area contributed by atoms with Gasteiger partial charge in [-0.1, -0.05) is 18.5 Å². The molecule has 0 aromatic carbocycles. The summed E-state index contributed by atoms with van der Waals surface area (Å²) in [5.41, 5.74) is 1.37. The lowest BCUT2D eigenvalue weighted by Gasteiger charge is -2.07. The van der Waals surface area contributed by atoms with Crippen molar-refractivity contribution >= 4 is 44.7 Å². The quantitative estimate of drug-likeness (QED) is 0.856. The maximum absolute atomic E-state index is 5.90. The molecule has 0 aliphatic rings. The summed E-state index contributed by atoms with van der Waals surface area (Å²) in [6, 6.07) is 2.16. The highest BCUT2D eigenvalue weighted by Gasteiger charge is 2.07. The summed E-state index contributed by atoms with van der Waals surface area (Å²) in [6.45, 7) is 2.91. The fourth-order valence-electron chi connectivity index (χ4n) is 1.47. The molecule has 0 unspecified atom stereocenters. The van der Waals surface area contributed by atoms with E-state index in [0.717, 1.165) is 18.8 Å². The van der Waals surface area contributed by atoms with Gasteiger partial charge in [-0.25, -0.2) is 9.97 Å². The Kier molecular flexibility index (Phi) is 4.36. The number of hydrogen-bond donors (Lipinski definition) is 1. The third-order valence-electron chi connectivity index (χ3n) is 2.38. The van der Waals surface area contributed by atoms with Crippen molar-refractivity contribution in [3.8, 4) is 0 Å². The van der Waals surface area contributed by atoms with Crippen LogP contribution in [0.5, 0.6) is 0 Å². The average Bonchev–Trinajstić information content (AvgIpc) is 2.78. The van der Waals surface area contributed by atoms with Gasteiger partial charge in [0.2, 0.25) is 0 Å². The van der Waals surface area contributed by atoms with E-state index in [1.165, 1.54) is 16.8 Å². The van der Waals surface area contributed by atoms with Crippen LogP contribution in [0.1, 0.15) is 17.4 Å². The summed E-state index contributed by atoms with van der Waals surface area (Å²) in [6.07, 6.45) is 2.50. The maximum atomic E-state index is 5.90. The standard InChI is InChI=1S/C11H11BrClN3S/c1-2-7-3-4-17-8(7)5-14-11-9(12)10(13)15-6-16-11/h3-4,6H,2,5H2,1H3,(H,14,15,16). The lowest BCUT2D eigenvalue weighted by Crippen LogP contribution is -2.03. The molecular formula is C11H11BrClN3S. The van der Waals surface area contributed by atoms with E-state index in [1.807, 2.05) is 0 Å². The second-order valence-electron chi connectivity index (χ2n) is 3.40. The molecule has 0 radical (unpaired) electrons. The van der Waals surface area contributed by atoms with E-state index >= 15 is 0 Å². The van der Waals surface area contributed by atoms with Crippen LogP contribution in [0, 0.1) is 0 Å². The predicted molar refractivity (Wildman–Crippen MR) is 75.8 cm³/mol. The zero-order valence-corrected chi connectivity index (χ0v) is 12.4. The number of aromatic nitrogens is 2. The summed E-state index contributed by atoms with van der Waals surface area (Å²) < 4.78 is 0.705. The van der Waals surface area contributed by atoms with Crippen LogP contribution in [0.3, 0.4) is 0 Å². The molecule has 0 saturated carbocycles. The topological polar surface area (TPSA) is 37.8 Å². The number of nitrogens with zero attached hydrogens (tertiary/aromatic N) is 2. The summed E-state index contributed by atoms with van der Waals surface area (Å²) in [4.78, 5) is 9.36. The van der Waals surface area contributed by atoms with E-state index in [4.69, 9.17) is 11.6 Å². The van der Waals surface area contributed by atoms with E-state index in [9.17, 15) is 0 Å². The van der Waals surface area contributed by atoms with Crippen molar-refractivity contribution in [1.82, 2.24) is 9.97 Å². The minimum atomic E-state index is 0.421. The van der Waals surface area contributed by atoms with Crippen LogP contribution < -0.4 is 5.32 Å². The van der Waals surface area contributed by atoms with Crippen molar-refractivity contribution in [1.29, 1.82) is 0 Å². The summed E-state index contributed by atoms with van der Waals surface area (Å²) in [5.74, 6) is 0.723. The first-order valence-corrected chi connectivity index (χ1v) is 7.22. The molecule has 0 aliphatic carbocycles. The lowest BCUT2D eigenvalue weighted by molar-refractivity contribution is 1.05. The van der Waals surface area contributed by atoms with Crippen molar-refractivity contribution in [3.05, 3.63) is 37.8 Å². The number of anilines is 1. The van der Waals surface area contributed by atoms with Gasteiger partial charge in [-0.15, -0.1) is 11.3 Å². The Morgan fingerprint density at radius 1 is 1.47 bits per heavy atom. The number of nitrogens with one attached hydrogen (secondary N) is 1. The van der Waals surface area contributed by atoms with Gasteiger partial charge >= 0.3 is 0 Å². The van der Waals surface area contributed by atoms with Gasteiger partial charge in [0, 0.05) is 4.88 Å². The van der Waals surface area contributed by atoms with Crippen molar-refractivity contribution in [2.75, 3.05) is 5.32 Å². The molecule has 0 fully saturated rings. The van der Waals surface area contributed by atoms with Crippen LogP contribution in [-0.4, -0.2) is 9.97 Å². The van der Waals surface area contributed by atoms with Gasteiger partial charge in [0.25, 0.3) is 0 Å². The van der Waals surface area contributed by atoms with E-state index < -0.39 is 0 Å². The van der Waals surface area contributed by atoms with E-state index in [1.54, 1.807) is 11.3 Å². The van der Waals surface area contributed by atoms with Gasteiger partial charge in [0.15, 0.2) is 0 Å². The molecule has 2 aromatic heterocycles. The Bertz CT molecular complexity index is 515. The van der Waals surface area contributed by atoms with Crippen LogP contribution in [-0.2, 0) is 13.0 Å². The first-order chi connectivity index (χ1) is 8.22. The van der Waals surface area contributed by atoms with E-state index in [0.29, 0.717) is 9.63 Å². The summed E-state index contributed by atoms with van der Waals surface area (Å²) in [7, 11) is 0. The van der Waals surface area contributed by atoms with Crippen molar-refractivity contribution < 1.29 is 0 Å². The van der Waals surface area contributed by atoms with Crippen LogP contribution >= 0.6 is 38.9 Å². The predicted octanol–water partition coefficient (Wildman–Crippen LogP) is 4.13. The van der Waals surface area contributed by atoms with Gasteiger partial charge in [-0.3, -0.25) is 0 Å². The number of thiophene rings is 1. The highest BCUT2D eigenvalue weighted by molar-refractivity contribution is 9.10. The fraction of sp³-hybridized carbons (Fsp3) is 0.273. The van der Waals surface area contributed by atoms with Crippen molar-refractivity contribution in [2.24, 2.45) is 0 Å². The Morgan fingerprint density at radius 3 is 3.06 bits per heavy atom. The van der Waals surface area contributed by atoms with Gasteiger partial charge in [-0.05, 0) is 39.4 Å². The molecule has 3 nitrogen and oxygen atoms in total. The van der Waals surface area contributed by atoms with Gasteiger partial charge < -0.3 is 5.32 Å². The molecule has 90 valence electrons. The van der Waals surface area contributed by atoms with Crippen LogP contribution in [0.25, 0.3) is 0 Å². The monoisotopic (exact) mass is 331 g/mol. The lowest BCUT2D eigenvalue weighted by atomic mass is 10.2. The van der Waals surface area contributed by atoms with Crippen LogP contribution in [0.2, 0.25) is 5.15 Å². The maximum Gasteiger partial charge on any atom is 0.148 e. The smallest absolute Gasteiger partial charge is 0.148 e. The largest absolute Gasteiger partial charge is 0.364 e. The molecule has 6 heteroatoms. The summed E-state index contributed by atoms with van der Waals surface area (Å²) in [5, 5.41) is 5.79. The first kappa shape index (κ1) is 12.8. The summed E-state index contributed by atoms with van der Waals surface area (Å²) >= 11 is 11.0. The zero-order chi connectivity index (χ0) is 12.3. The molecular weight excluding hydrogens is 322 g/mol. The fourth-order valence-corrected chi connectivity index (χ4v) is 2.87. The number of aryl methyl sites for hydroxylation is 1. The van der Waals surface area contributed by atoms with E-state index in [2.05, 4.69) is 49.6 Å². The van der Waals surface area contributed by atoms with E-state index in [-0.39, 0.29) is 0 Å². The van der Waals surface area contributed by atoms with Crippen LogP contribution in [0.15, 0.2) is 22.2 Å². The minimum absolute atomic E-state index is 0.421.